The fourth-order valence-corrected chi connectivity index (χ4v) is 4.01. The van der Waals surface area contributed by atoms with E-state index in [-0.39, 0.29) is 5.82 Å². The summed E-state index contributed by atoms with van der Waals surface area (Å²) in [5.41, 5.74) is 4.16. The van der Waals surface area contributed by atoms with Crippen molar-refractivity contribution in [3.8, 4) is 11.8 Å². The van der Waals surface area contributed by atoms with Crippen molar-refractivity contribution in [1.29, 1.82) is 0 Å². The summed E-state index contributed by atoms with van der Waals surface area (Å²) in [4.78, 5) is 0. The average Bonchev–Trinajstić information content (AvgIpc) is 2.80. The molecule has 0 aromatic heterocycles. The lowest BCUT2D eigenvalue weighted by Crippen LogP contribution is -1.93. The zero-order valence-electron chi connectivity index (χ0n) is 19.1. The molecule has 0 heterocycles. The van der Waals surface area contributed by atoms with Crippen molar-refractivity contribution in [2.24, 2.45) is 0 Å². The van der Waals surface area contributed by atoms with Gasteiger partial charge < -0.3 is 0 Å². The van der Waals surface area contributed by atoms with Crippen LogP contribution in [0.5, 0.6) is 0 Å². The SMILES string of the molecule is CCCCCCc1ccc(C#Cc2ccc3c(F)c(CCCCCC)ccc3c2)cc1. The van der Waals surface area contributed by atoms with Crippen molar-refractivity contribution in [2.45, 2.75) is 78.1 Å². The fraction of sp³-hybridized carbons (Fsp3) is 0.400. The minimum atomic E-state index is -0.0666. The fourth-order valence-electron chi connectivity index (χ4n) is 4.01. The van der Waals surface area contributed by atoms with Gasteiger partial charge in [-0.1, -0.05) is 94.5 Å². The summed E-state index contributed by atoms with van der Waals surface area (Å²) in [5.74, 6) is 6.43. The van der Waals surface area contributed by atoms with E-state index < -0.39 is 0 Å². The number of aryl methyl sites for hydroxylation is 2. The van der Waals surface area contributed by atoms with E-state index in [4.69, 9.17) is 0 Å². The van der Waals surface area contributed by atoms with Crippen LogP contribution in [-0.2, 0) is 12.8 Å². The molecule has 0 bridgehead atoms. The van der Waals surface area contributed by atoms with Crippen molar-refractivity contribution in [1.82, 2.24) is 0 Å². The van der Waals surface area contributed by atoms with Crippen LogP contribution in [0.25, 0.3) is 10.8 Å². The van der Waals surface area contributed by atoms with Crippen LogP contribution in [0.1, 0.15) is 87.5 Å². The highest BCUT2D eigenvalue weighted by molar-refractivity contribution is 5.85. The Balaban J connectivity index is 1.65. The topological polar surface area (TPSA) is 0 Å². The Hall–Kier alpha value is -2.59. The highest BCUT2D eigenvalue weighted by Gasteiger charge is 2.07. The molecule has 3 aromatic carbocycles. The summed E-state index contributed by atoms with van der Waals surface area (Å²) in [6.45, 7) is 4.44. The third kappa shape index (κ3) is 6.96. The van der Waals surface area contributed by atoms with Gasteiger partial charge in [0.1, 0.15) is 5.82 Å². The van der Waals surface area contributed by atoms with Crippen molar-refractivity contribution in [2.75, 3.05) is 0 Å². The quantitative estimate of drug-likeness (QED) is 0.230. The average molecular weight is 415 g/mol. The van der Waals surface area contributed by atoms with Gasteiger partial charge in [-0.05, 0) is 66.5 Å². The Morgan fingerprint density at radius 3 is 2.00 bits per heavy atom. The smallest absolute Gasteiger partial charge is 0.134 e. The summed E-state index contributed by atoms with van der Waals surface area (Å²) in [5, 5.41) is 1.62. The summed E-state index contributed by atoms with van der Waals surface area (Å²) < 4.78 is 14.9. The van der Waals surface area contributed by atoms with Gasteiger partial charge >= 0.3 is 0 Å². The molecule has 0 spiro atoms. The van der Waals surface area contributed by atoms with E-state index in [2.05, 4.69) is 50.0 Å². The van der Waals surface area contributed by atoms with Crippen LogP contribution in [0, 0.1) is 17.7 Å². The highest BCUT2D eigenvalue weighted by atomic mass is 19.1. The third-order valence-electron chi connectivity index (χ3n) is 5.96. The number of rotatable bonds is 10. The Morgan fingerprint density at radius 2 is 1.29 bits per heavy atom. The maximum Gasteiger partial charge on any atom is 0.134 e. The second-order valence-electron chi connectivity index (χ2n) is 8.54. The second-order valence-corrected chi connectivity index (χ2v) is 8.54. The first-order chi connectivity index (χ1) is 15.2. The zero-order chi connectivity index (χ0) is 21.9. The van der Waals surface area contributed by atoms with Crippen LogP contribution in [0.3, 0.4) is 0 Å². The maximum absolute atomic E-state index is 14.9. The van der Waals surface area contributed by atoms with Crippen molar-refractivity contribution < 1.29 is 4.39 Å². The minimum Gasteiger partial charge on any atom is -0.206 e. The first-order valence-electron chi connectivity index (χ1n) is 12.0. The summed E-state index contributed by atoms with van der Waals surface area (Å²) >= 11 is 0. The molecule has 3 aromatic rings. The van der Waals surface area contributed by atoms with Crippen LogP contribution in [0.4, 0.5) is 4.39 Å². The molecule has 0 aliphatic carbocycles. The molecule has 0 saturated carbocycles. The predicted molar refractivity (Wildman–Crippen MR) is 132 cm³/mol. The maximum atomic E-state index is 14.9. The van der Waals surface area contributed by atoms with Crippen molar-refractivity contribution in [3.05, 3.63) is 82.7 Å². The molecule has 0 nitrogen and oxygen atoms in total. The van der Waals surface area contributed by atoms with Gasteiger partial charge in [0.05, 0.1) is 0 Å². The summed E-state index contributed by atoms with van der Waals surface area (Å²) in [7, 11) is 0. The van der Waals surface area contributed by atoms with Gasteiger partial charge in [0.2, 0.25) is 0 Å². The number of halogens is 1. The van der Waals surface area contributed by atoms with E-state index in [0.717, 1.165) is 41.3 Å². The Labute approximate surface area is 187 Å². The Kier molecular flexibility index (Phi) is 9.16. The van der Waals surface area contributed by atoms with E-state index in [1.54, 1.807) is 0 Å². The predicted octanol–water partition coefficient (Wildman–Crippen LogP) is 8.62. The van der Waals surface area contributed by atoms with E-state index in [0.29, 0.717) is 5.39 Å². The van der Waals surface area contributed by atoms with E-state index in [1.165, 1.54) is 50.5 Å². The van der Waals surface area contributed by atoms with Crippen LogP contribution < -0.4 is 0 Å². The Bertz CT molecular complexity index is 1020. The molecular weight excluding hydrogens is 379 g/mol. The standard InChI is InChI=1S/C30H35F/c1-3-5-7-9-11-24-13-15-25(16-14-24)17-18-26-19-22-29-28(23-26)21-20-27(30(29)31)12-10-8-6-4-2/h13-16,19-23H,3-12H2,1-2H3. The molecule has 0 N–H and O–H groups in total. The molecular formula is C30H35F. The molecule has 1 heteroatoms. The third-order valence-corrected chi connectivity index (χ3v) is 5.96. The first-order valence-corrected chi connectivity index (χ1v) is 12.0. The van der Waals surface area contributed by atoms with Gasteiger partial charge in [0.15, 0.2) is 0 Å². The lowest BCUT2D eigenvalue weighted by Gasteiger charge is -2.07. The minimum absolute atomic E-state index is 0.0666. The van der Waals surface area contributed by atoms with Crippen LogP contribution >= 0.6 is 0 Å². The lowest BCUT2D eigenvalue weighted by molar-refractivity contribution is 0.603. The molecule has 0 saturated heterocycles. The summed E-state index contributed by atoms with van der Waals surface area (Å²) in [6, 6.07) is 18.4. The summed E-state index contributed by atoms with van der Waals surface area (Å²) in [6.07, 6.45) is 11.8. The molecule has 0 radical (unpaired) electrons. The lowest BCUT2D eigenvalue weighted by atomic mass is 9.99. The molecule has 0 atom stereocenters. The van der Waals surface area contributed by atoms with Gasteiger partial charge in [-0.2, -0.15) is 0 Å². The molecule has 3 rings (SSSR count). The van der Waals surface area contributed by atoms with E-state index in [9.17, 15) is 4.39 Å². The van der Waals surface area contributed by atoms with Crippen LogP contribution in [-0.4, -0.2) is 0 Å². The molecule has 31 heavy (non-hydrogen) atoms. The second kappa shape index (κ2) is 12.3. The molecule has 0 unspecified atom stereocenters. The number of unbranched alkanes of at least 4 members (excludes halogenated alkanes) is 6. The molecule has 0 fully saturated rings. The van der Waals surface area contributed by atoms with Gasteiger partial charge in [-0.25, -0.2) is 4.39 Å². The normalized spacial score (nSPS) is 10.8. The first kappa shape index (κ1) is 23.1. The highest BCUT2D eigenvalue weighted by Crippen LogP contribution is 2.24. The van der Waals surface area contributed by atoms with Gasteiger partial charge in [-0.3, -0.25) is 0 Å². The largest absolute Gasteiger partial charge is 0.206 e. The number of hydrogen-bond donors (Lipinski definition) is 0. The molecule has 0 aliphatic rings. The molecule has 0 aliphatic heterocycles. The van der Waals surface area contributed by atoms with Gasteiger partial charge in [0, 0.05) is 16.5 Å². The number of benzene rings is 3. The van der Waals surface area contributed by atoms with E-state index in [1.807, 2.05) is 30.3 Å². The molecule has 162 valence electrons. The zero-order valence-corrected chi connectivity index (χ0v) is 19.1. The van der Waals surface area contributed by atoms with Gasteiger partial charge in [0.25, 0.3) is 0 Å². The number of fused-ring (bicyclic) bond motifs is 1. The number of hydrogen-bond acceptors (Lipinski definition) is 0. The van der Waals surface area contributed by atoms with Gasteiger partial charge in [-0.15, -0.1) is 0 Å². The van der Waals surface area contributed by atoms with Crippen LogP contribution in [0.2, 0.25) is 0 Å². The monoisotopic (exact) mass is 414 g/mol. The molecule has 0 amide bonds. The van der Waals surface area contributed by atoms with Crippen molar-refractivity contribution >= 4 is 10.8 Å². The Morgan fingerprint density at radius 1 is 0.645 bits per heavy atom. The van der Waals surface area contributed by atoms with Crippen LogP contribution in [0.15, 0.2) is 54.6 Å². The van der Waals surface area contributed by atoms with E-state index >= 15 is 0 Å². The van der Waals surface area contributed by atoms with Crippen molar-refractivity contribution in [3.63, 3.8) is 0 Å².